The minimum Gasteiger partial charge on any atom is -0.495 e. The Hall–Kier alpha value is -9.19. The molecule has 11 rings (SSSR count). The number of piperidine rings is 1. The lowest BCUT2D eigenvalue weighted by atomic mass is 10.0. The topological polar surface area (TPSA) is 301 Å². The summed E-state index contributed by atoms with van der Waals surface area (Å²) in [4.78, 5) is 46.3. The van der Waals surface area contributed by atoms with Gasteiger partial charge in [0.25, 0.3) is 5.91 Å². The zero-order valence-electron chi connectivity index (χ0n) is 62.5. The molecule has 6 aromatic carbocycles. The molecule has 5 heterocycles. The summed E-state index contributed by atoms with van der Waals surface area (Å²) in [5, 5.41) is 23.5. The van der Waals surface area contributed by atoms with Crippen LogP contribution >= 0.6 is 33.0 Å². The third kappa shape index (κ3) is 21.5. The molecule has 31 heteroatoms. The number of rotatable bonds is 24. The third-order valence-electron chi connectivity index (χ3n) is 17.5. The van der Waals surface area contributed by atoms with Crippen molar-refractivity contribution in [3.63, 3.8) is 0 Å². The normalized spacial score (nSPS) is 13.9. The molecule has 25 nitrogen and oxygen atoms in total. The van der Waals surface area contributed by atoms with E-state index in [1.807, 2.05) is 63.2 Å². The molecule has 0 spiro atoms. The number of carbonyl (C=O) groups is 1. The maximum Gasteiger partial charge on any atom is 0.253 e. The molecule has 0 bridgehead atoms. The maximum atomic E-state index is 14.7. The van der Waals surface area contributed by atoms with E-state index in [4.69, 9.17) is 25.8 Å². The van der Waals surface area contributed by atoms with E-state index < -0.39 is 42.3 Å². The van der Waals surface area contributed by atoms with E-state index in [1.54, 1.807) is 146 Å². The number of nitrogens with zero attached hydrogens (tertiary/aromatic N) is 9. The Kier molecular flexibility index (Phi) is 27.1. The number of nitrogens with one attached hydrogen (secondary N) is 7. The second-order valence-electron chi connectivity index (χ2n) is 27.3. The van der Waals surface area contributed by atoms with Crippen LogP contribution in [0.25, 0.3) is 0 Å². The summed E-state index contributed by atoms with van der Waals surface area (Å²) < 4.78 is 93.9. The third-order valence-corrected chi connectivity index (χ3v) is 24.6. The lowest BCUT2D eigenvalue weighted by Gasteiger charge is -2.42. The molecule has 2 aliphatic heterocycles. The number of likely N-dealkylation sites (N-methyl/N-ethyl adjacent to an activating group) is 1. The quantitative estimate of drug-likeness (QED) is 0.0277. The van der Waals surface area contributed by atoms with E-state index in [9.17, 15) is 31.3 Å². The first-order valence-electron chi connectivity index (χ1n) is 34.4. The van der Waals surface area contributed by atoms with Gasteiger partial charge in [-0.2, -0.15) is 15.0 Å². The molecular weight excluding hydrogens is 1450 g/mol. The van der Waals surface area contributed by atoms with E-state index in [-0.39, 0.29) is 34.6 Å². The highest BCUT2D eigenvalue weighted by atomic mass is 35.5. The number of carbonyl (C=O) groups excluding carboxylic acids is 1. The van der Waals surface area contributed by atoms with Gasteiger partial charge in [0.1, 0.15) is 49.5 Å². The summed E-state index contributed by atoms with van der Waals surface area (Å²) in [5.41, 5.74) is 5.92. The van der Waals surface area contributed by atoms with Gasteiger partial charge in [0.15, 0.2) is 27.3 Å². The first-order valence-corrected chi connectivity index (χ1v) is 44.2. The number of anilines is 13. The lowest BCUT2D eigenvalue weighted by molar-refractivity contribution is 0.0943. The summed E-state index contributed by atoms with van der Waals surface area (Å²) >= 11 is 6.32. The number of piperazine rings is 1. The van der Waals surface area contributed by atoms with Gasteiger partial charge in [-0.3, -0.25) is 9.69 Å². The molecule has 9 aromatic rings. The highest BCUT2D eigenvalue weighted by molar-refractivity contribution is 7.92. The van der Waals surface area contributed by atoms with Crippen molar-refractivity contribution in [1.82, 2.24) is 45.0 Å². The van der Waals surface area contributed by atoms with Gasteiger partial charge in [0.2, 0.25) is 17.8 Å². The van der Waals surface area contributed by atoms with E-state index in [1.165, 1.54) is 20.4 Å². The zero-order valence-corrected chi connectivity index (χ0v) is 66.7. The molecular formula is C75H95ClFN16O9P3S. The predicted molar refractivity (Wildman–Crippen MR) is 430 cm³/mol. The van der Waals surface area contributed by atoms with Crippen LogP contribution in [0, 0.1) is 12.7 Å². The van der Waals surface area contributed by atoms with Gasteiger partial charge >= 0.3 is 0 Å². The number of methoxy groups -OCH3 is 3. The largest absolute Gasteiger partial charge is 0.495 e. The fourth-order valence-corrected chi connectivity index (χ4v) is 15.3. The Balaban J connectivity index is 0.000000187. The summed E-state index contributed by atoms with van der Waals surface area (Å²) in [6, 6.07) is 38.3. The van der Waals surface area contributed by atoms with Crippen LogP contribution in [0.4, 0.5) is 79.5 Å². The number of aromatic nitrogens is 6. The molecule has 564 valence electrons. The van der Waals surface area contributed by atoms with E-state index in [0.717, 1.165) is 80.5 Å². The molecule has 0 saturated carbocycles. The van der Waals surface area contributed by atoms with Crippen LogP contribution in [-0.2, 0) is 23.5 Å². The molecule has 2 saturated heterocycles. The summed E-state index contributed by atoms with van der Waals surface area (Å²) in [7, 11) is -3.83. The molecule has 0 radical (unpaired) electrons. The Morgan fingerprint density at radius 3 is 1.58 bits per heavy atom. The van der Waals surface area contributed by atoms with Crippen molar-refractivity contribution in [3.05, 3.63) is 168 Å². The van der Waals surface area contributed by atoms with E-state index in [0.29, 0.717) is 90.5 Å². The van der Waals surface area contributed by atoms with Crippen molar-refractivity contribution in [2.24, 2.45) is 0 Å². The average Bonchev–Trinajstić information content (AvgIpc) is 0.803. The van der Waals surface area contributed by atoms with E-state index in [2.05, 4.69) is 94.9 Å². The molecule has 106 heavy (non-hydrogen) atoms. The van der Waals surface area contributed by atoms with Gasteiger partial charge < -0.3 is 74.9 Å². The van der Waals surface area contributed by atoms with Gasteiger partial charge in [0.05, 0.1) is 77.9 Å². The molecule has 3 aromatic heterocycles. The molecule has 0 atom stereocenters. The fraction of sp³-hybridized carbons (Fsp3) is 0.347. The average molecular weight is 1540 g/mol. The van der Waals surface area contributed by atoms with Gasteiger partial charge in [-0.15, -0.1) is 0 Å². The van der Waals surface area contributed by atoms with Crippen molar-refractivity contribution in [1.29, 1.82) is 0 Å². The highest BCUT2D eigenvalue weighted by Gasteiger charge is 2.29. The number of aryl methyl sites for hydroxylation is 1. The summed E-state index contributed by atoms with van der Waals surface area (Å²) in [6.07, 6.45) is 6.53. The molecule has 0 aliphatic carbocycles. The molecule has 1 amide bonds. The second-order valence-corrected chi connectivity index (χ2v) is 39.9. The van der Waals surface area contributed by atoms with Gasteiger partial charge in [-0.05, 0) is 192 Å². The number of sulfone groups is 1. The van der Waals surface area contributed by atoms with Crippen molar-refractivity contribution in [3.8, 4) is 17.2 Å². The fourth-order valence-electron chi connectivity index (χ4n) is 11.4. The van der Waals surface area contributed by atoms with Crippen LogP contribution in [0.3, 0.4) is 0 Å². The Morgan fingerprint density at radius 2 is 1.02 bits per heavy atom. The van der Waals surface area contributed by atoms with Gasteiger partial charge in [-0.25, -0.2) is 27.8 Å². The molecule has 2 aliphatic rings. The van der Waals surface area contributed by atoms with Crippen molar-refractivity contribution in [2.45, 2.75) is 69.7 Å². The van der Waals surface area contributed by atoms with Crippen LogP contribution in [0.1, 0.15) is 56.5 Å². The lowest BCUT2D eigenvalue weighted by Crippen LogP contribution is -2.52. The number of para-hydroxylation sites is 2. The maximum absolute atomic E-state index is 14.7. The van der Waals surface area contributed by atoms with Crippen molar-refractivity contribution < 1.29 is 45.5 Å². The Morgan fingerprint density at radius 1 is 0.547 bits per heavy atom. The predicted octanol–water partition coefficient (Wildman–Crippen LogP) is 14.3. The SMILES string of the molecule is COc1cc(N2CCC(N3CCN(C)CC3)CC2)ccc1Nc1ncc(F)c(Nc2ccc(P(C)(C)=O)cc2OC)n1.COc1cc(P(C)(C)=O)ccc1Nc1ncc(Cl)c(Nc2ccccc2C(=O)NC(C)C)n1.Cc1cnc(Nc2ccc(P(C)(C)=O)cc2)nc1Nc1ccccc1S(=O)(=O)C(C)C. The van der Waals surface area contributed by atoms with Crippen molar-refractivity contribution >= 4 is 140 Å². The summed E-state index contributed by atoms with van der Waals surface area (Å²) in [6.45, 7) is 25.8. The van der Waals surface area contributed by atoms with Crippen LogP contribution < -0.4 is 72.2 Å². The summed E-state index contributed by atoms with van der Waals surface area (Å²) in [5.74, 6) is 2.44. The van der Waals surface area contributed by atoms with Crippen LogP contribution in [0.5, 0.6) is 17.2 Å². The number of amides is 1. The first-order chi connectivity index (χ1) is 50.2. The minimum atomic E-state index is -3.46. The Labute approximate surface area is 626 Å². The minimum absolute atomic E-state index is 0.000288. The highest BCUT2D eigenvalue weighted by Crippen LogP contribution is 2.41. The van der Waals surface area contributed by atoms with Gasteiger partial charge in [0, 0.05) is 96.5 Å². The number of halogens is 2. The Bertz CT molecular complexity index is 4840. The monoisotopic (exact) mass is 1540 g/mol. The second kappa shape index (κ2) is 35.5. The van der Waals surface area contributed by atoms with Gasteiger partial charge in [-0.1, -0.05) is 35.9 Å². The standard InChI is InChI=1S/C30H41FN7O3P.C23H27ClN5O3P.C22H27N4O3PS/c1-36-14-16-38(17-15-36)21-10-12-37(13-11-21)22-6-8-26(27(18-22)40-2)34-30-32-20-24(31)29(35-30)33-25-9-7-23(42(4,5)39)19-28(25)41-3;1-14(2)26-22(30)16-8-6-7-9-18(16)27-21-17(24)13-25-23(29-21)28-19-11-10-15(33(4,5)31)12-20(19)32-3;1-15(2)31(28,29)20-9-7-6-8-19(20)25-21-16(3)14-23-22(26-21)24-17-10-12-18(13-11-17)30(4,5)27/h6-9,18-21H,10-17H2,1-5H3,(H2,32,33,34,35);6-14H,1-5H3,(H,26,30)(H2,25,27,28,29);6-15H,1-5H3,(H2,23,24,25,26). The molecule has 0 unspecified atom stereocenters. The number of ether oxygens (including phenoxy) is 3. The van der Waals surface area contributed by atoms with Crippen molar-refractivity contribution in [2.75, 3.05) is 144 Å². The molecule has 7 N–H and O–H groups in total. The van der Waals surface area contributed by atoms with E-state index >= 15 is 0 Å². The van der Waals surface area contributed by atoms with Crippen LogP contribution in [0.2, 0.25) is 5.02 Å². The first kappa shape index (κ1) is 80.9. The number of hydrogen-bond acceptors (Lipinski definition) is 24. The van der Waals surface area contributed by atoms with Crippen LogP contribution in [0.15, 0.2) is 151 Å². The number of benzene rings is 6. The smallest absolute Gasteiger partial charge is 0.253 e. The zero-order chi connectivity index (χ0) is 76.8. The molecule has 2 fully saturated rings. The number of hydrogen-bond donors (Lipinski definition) is 7. The van der Waals surface area contributed by atoms with Crippen LogP contribution in [-0.4, -0.2) is 179 Å².